The summed E-state index contributed by atoms with van der Waals surface area (Å²) in [6.45, 7) is 8.44. The summed E-state index contributed by atoms with van der Waals surface area (Å²) in [6.07, 6.45) is 0. The van der Waals surface area contributed by atoms with E-state index in [0.29, 0.717) is 32.3 Å². The zero-order valence-electron chi connectivity index (χ0n) is 10.6. The van der Waals surface area contributed by atoms with Crippen LogP contribution in [-0.4, -0.2) is 45.0 Å². The van der Waals surface area contributed by atoms with Crippen LogP contribution in [0.4, 0.5) is 0 Å². The highest BCUT2D eigenvalue weighted by Gasteiger charge is 2.09. The lowest BCUT2D eigenvalue weighted by atomic mass is 10.1. The van der Waals surface area contributed by atoms with Crippen molar-refractivity contribution in [3.8, 4) is 0 Å². The molecule has 0 saturated heterocycles. The molecule has 0 spiro atoms. The zero-order chi connectivity index (χ0) is 11.7. The third-order valence-corrected chi connectivity index (χ3v) is 1.45. The van der Waals surface area contributed by atoms with Gasteiger partial charge in [0.25, 0.3) is 0 Å². The van der Waals surface area contributed by atoms with Gasteiger partial charge in [0.15, 0.2) is 5.96 Å². The van der Waals surface area contributed by atoms with Crippen molar-refractivity contribution in [2.75, 3.05) is 33.5 Å². The lowest BCUT2D eigenvalue weighted by Crippen LogP contribution is -2.45. The van der Waals surface area contributed by atoms with Crippen molar-refractivity contribution < 1.29 is 9.47 Å². The van der Waals surface area contributed by atoms with Gasteiger partial charge >= 0.3 is 0 Å². The molecule has 0 bridgehead atoms. The van der Waals surface area contributed by atoms with Gasteiger partial charge in [-0.15, -0.1) is 24.0 Å². The highest BCUT2D eigenvalue weighted by Crippen LogP contribution is 1.96. The van der Waals surface area contributed by atoms with Crippen molar-refractivity contribution in [3.63, 3.8) is 0 Å². The Morgan fingerprint density at radius 1 is 1.25 bits per heavy atom. The van der Waals surface area contributed by atoms with Gasteiger partial charge in [0.05, 0.1) is 26.4 Å². The van der Waals surface area contributed by atoms with Crippen LogP contribution in [0, 0.1) is 0 Å². The first-order valence-corrected chi connectivity index (χ1v) is 5.10. The number of aliphatic imine (C=N–C) groups is 1. The molecule has 98 valence electrons. The number of nitrogens with one attached hydrogen (secondary N) is 1. The van der Waals surface area contributed by atoms with Gasteiger partial charge in [-0.05, 0) is 20.8 Å². The minimum Gasteiger partial charge on any atom is -0.382 e. The molecule has 0 rings (SSSR count). The maximum Gasteiger partial charge on any atom is 0.189 e. The van der Waals surface area contributed by atoms with Gasteiger partial charge < -0.3 is 20.5 Å². The molecular formula is C10H24IN3O2. The second-order valence-electron chi connectivity index (χ2n) is 4.25. The molecule has 0 aromatic heterocycles. The Hall–Kier alpha value is -0.0800. The maximum absolute atomic E-state index is 5.66. The van der Waals surface area contributed by atoms with E-state index in [-0.39, 0.29) is 29.5 Å². The summed E-state index contributed by atoms with van der Waals surface area (Å²) in [4.78, 5) is 4.12. The first kappa shape index (κ1) is 18.3. The number of hydrogen-bond donors (Lipinski definition) is 2. The third-order valence-electron chi connectivity index (χ3n) is 1.45. The first-order valence-electron chi connectivity index (χ1n) is 5.10. The van der Waals surface area contributed by atoms with Gasteiger partial charge in [-0.1, -0.05) is 0 Å². The van der Waals surface area contributed by atoms with Gasteiger partial charge in [0.2, 0.25) is 0 Å². The Kier molecular flexibility index (Phi) is 11.5. The molecule has 3 N–H and O–H groups in total. The van der Waals surface area contributed by atoms with E-state index in [2.05, 4.69) is 10.3 Å². The van der Waals surface area contributed by atoms with Crippen LogP contribution in [0.3, 0.4) is 0 Å². The molecule has 0 aliphatic carbocycles. The summed E-state index contributed by atoms with van der Waals surface area (Å²) < 4.78 is 10.1. The molecular weight excluding hydrogens is 321 g/mol. The monoisotopic (exact) mass is 345 g/mol. The molecule has 6 heteroatoms. The van der Waals surface area contributed by atoms with E-state index in [1.165, 1.54) is 0 Å². The van der Waals surface area contributed by atoms with Crippen LogP contribution in [0.5, 0.6) is 0 Å². The summed E-state index contributed by atoms with van der Waals surface area (Å²) in [7, 11) is 1.65. The van der Waals surface area contributed by atoms with Crippen LogP contribution in [0.1, 0.15) is 20.8 Å². The average Bonchev–Trinajstić information content (AvgIpc) is 2.08. The van der Waals surface area contributed by atoms with E-state index in [1.807, 2.05) is 20.8 Å². The van der Waals surface area contributed by atoms with Crippen molar-refractivity contribution in [1.29, 1.82) is 0 Å². The number of halogens is 1. The summed E-state index contributed by atoms with van der Waals surface area (Å²) in [5.74, 6) is 0.456. The highest BCUT2D eigenvalue weighted by atomic mass is 127. The predicted molar refractivity (Wildman–Crippen MR) is 77.5 cm³/mol. The van der Waals surface area contributed by atoms with Gasteiger partial charge in [-0.25, -0.2) is 0 Å². The Morgan fingerprint density at radius 2 is 1.88 bits per heavy atom. The van der Waals surface area contributed by atoms with Crippen molar-refractivity contribution >= 4 is 29.9 Å². The number of guanidine groups is 1. The molecule has 0 aromatic rings. The quantitative estimate of drug-likeness (QED) is 0.326. The van der Waals surface area contributed by atoms with Gasteiger partial charge in [-0.2, -0.15) is 0 Å². The van der Waals surface area contributed by atoms with E-state index in [1.54, 1.807) is 7.11 Å². The number of ether oxygens (including phenoxy) is 2. The van der Waals surface area contributed by atoms with Gasteiger partial charge in [0, 0.05) is 12.6 Å². The minimum atomic E-state index is -0.0511. The topological polar surface area (TPSA) is 68.9 Å². The molecule has 0 aliphatic heterocycles. The Balaban J connectivity index is 0. The van der Waals surface area contributed by atoms with E-state index in [4.69, 9.17) is 15.2 Å². The van der Waals surface area contributed by atoms with Gasteiger partial charge in [0.1, 0.15) is 0 Å². The van der Waals surface area contributed by atoms with Crippen LogP contribution < -0.4 is 11.1 Å². The number of nitrogens with two attached hydrogens (primary N) is 1. The average molecular weight is 345 g/mol. The highest BCUT2D eigenvalue weighted by molar-refractivity contribution is 14.0. The van der Waals surface area contributed by atoms with E-state index >= 15 is 0 Å². The van der Waals surface area contributed by atoms with Crippen LogP contribution in [0.15, 0.2) is 4.99 Å². The normalized spacial score (nSPS) is 12.1. The number of nitrogens with zero attached hydrogens (tertiary/aromatic N) is 1. The molecule has 16 heavy (non-hydrogen) atoms. The van der Waals surface area contributed by atoms with Crippen LogP contribution in [0.25, 0.3) is 0 Å². The molecule has 0 atom stereocenters. The molecule has 0 heterocycles. The molecule has 0 fully saturated rings. The second-order valence-corrected chi connectivity index (χ2v) is 4.25. The first-order chi connectivity index (χ1) is 6.95. The van der Waals surface area contributed by atoms with Crippen LogP contribution in [0.2, 0.25) is 0 Å². The minimum absolute atomic E-state index is 0. The van der Waals surface area contributed by atoms with E-state index < -0.39 is 0 Å². The fourth-order valence-electron chi connectivity index (χ4n) is 0.899. The van der Waals surface area contributed by atoms with Crippen molar-refractivity contribution in [2.45, 2.75) is 26.3 Å². The zero-order valence-corrected chi connectivity index (χ0v) is 12.9. The van der Waals surface area contributed by atoms with E-state index in [0.717, 1.165) is 0 Å². The Morgan fingerprint density at radius 3 is 2.38 bits per heavy atom. The summed E-state index contributed by atoms with van der Waals surface area (Å²) in [5, 5.41) is 3.07. The standard InChI is InChI=1S/C10H23N3O2.HI/c1-10(2,3)13-9(11)12-5-6-15-8-7-14-4;/h5-8H2,1-4H3,(H3,11,12,13);1H. The van der Waals surface area contributed by atoms with Gasteiger partial charge in [-0.3, -0.25) is 4.99 Å². The number of rotatable bonds is 6. The fourth-order valence-corrected chi connectivity index (χ4v) is 0.899. The summed E-state index contributed by atoms with van der Waals surface area (Å²) in [5.41, 5.74) is 5.61. The number of methoxy groups -OCH3 is 1. The largest absolute Gasteiger partial charge is 0.382 e. The fraction of sp³-hybridized carbons (Fsp3) is 0.900. The second kappa shape index (κ2) is 10.1. The molecule has 0 aromatic carbocycles. The molecule has 0 unspecified atom stereocenters. The Labute approximate surface area is 115 Å². The molecule has 0 amide bonds. The lowest BCUT2D eigenvalue weighted by Gasteiger charge is -2.20. The molecule has 0 radical (unpaired) electrons. The van der Waals surface area contributed by atoms with Crippen LogP contribution in [-0.2, 0) is 9.47 Å². The van der Waals surface area contributed by atoms with Crippen molar-refractivity contribution in [3.05, 3.63) is 0 Å². The summed E-state index contributed by atoms with van der Waals surface area (Å²) in [6, 6.07) is 0. The molecule has 0 aliphatic rings. The maximum atomic E-state index is 5.66. The lowest BCUT2D eigenvalue weighted by molar-refractivity contribution is 0.0748. The molecule has 5 nitrogen and oxygen atoms in total. The summed E-state index contributed by atoms with van der Waals surface area (Å²) >= 11 is 0. The predicted octanol–water partition coefficient (Wildman–Crippen LogP) is 0.970. The third kappa shape index (κ3) is 13.9. The molecule has 0 saturated carbocycles. The SMILES string of the molecule is COCCOCCN=C(N)NC(C)(C)C.I. The van der Waals surface area contributed by atoms with Crippen molar-refractivity contribution in [2.24, 2.45) is 10.7 Å². The number of hydrogen-bond acceptors (Lipinski definition) is 3. The van der Waals surface area contributed by atoms with E-state index in [9.17, 15) is 0 Å². The smallest absolute Gasteiger partial charge is 0.189 e. The van der Waals surface area contributed by atoms with Crippen LogP contribution >= 0.6 is 24.0 Å². The Bertz CT molecular complexity index is 193. The van der Waals surface area contributed by atoms with Crippen molar-refractivity contribution in [1.82, 2.24) is 5.32 Å².